The highest BCUT2D eigenvalue weighted by molar-refractivity contribution is 6.42. The highest BCUT2D eigenvalue weighted by Crippen LogP contribution is 2.37. The summed E-state index contributed by atoms with van der Waals surface area (Å²) in [5, 5.41) is 3.44. The first-order valence-electron chi connectivity index (χ1n) is 7.81. The second kappa shape index (κ2) is 8.56. The van der Waals surface area contributed by atoms with E-state index >= 15 is 0 Å². The zero-order valence-corrected chi connectivity index (χ0v) is 15.8. The van der Waals surface area contributed by atoms with Crippen molar-refractivity contribution >= 4 is 35.2 Å². The fourth-order valence-corrected chi connectivity index (χ4v) is 3.10. The number of allylic oxidation sites excluding steroid dienone is 1. The van der Waals surface area contributed by atoms with Crippen LogP contribution >= 0.6 is 23.2 Å². The summed E-state index contributed by atoms with van der Waals surface area (Å²) in [5.74, 6) is -0.511. The second-order valence-corrected chi connectivity index (χ2v) is 6.17. The fraction of sp³-hybridized carbons (Fsp3) is 0.412. The summed E-state index contributed by atoms with van der Waals surface area (Å²) in [6.07, 6.45) is 0. The van der Waals surface area contributed by atoms with Gasteiger partial charge in [0.05, 0.1) is 41.4 Å². The first-order chi connectivity index (χ1) is 11.9. The third-order valence-corrected chi connectivity index (χ3v) is 4.74. The van der Waals surface area contributed by atoms with Crippen LogP contribution in [0.25, 0.3) is 0 Å². The molecule has 1 aromatic carbocycles. The summed E-state index contributed by atoms with van der Waals surface area (Å²) in [5.41, 5.74) is 1.36. The van der Waals surface area contributed by atoms with Gasteiger partial charge >= 0.3 is 12.0 Å². The van der Waals surface area contributed by atoms with Gasteiger partial charge in [-0.25, -0.2) is 9.59 Å². The normalized spacial score (nSPS) is 17.6. The third-order valence-electron chi connectivity index (χ3n) is 3.90. The lowest BCUT2D eigenvalue weighted by atomic mass is 9.95. The van der Waals surface area contributed by atoms with E-state index < -0.39 is 12.0 Å². The lowest BCUT2D eigenvalue weighted by Crippen LogP contribution is -2.49. The van der Waals surface area contributed by atoms with Gasteiger partial charge in [-0.3, -0.25) is 4.90 Å². The average Bonchev–Trinajstić information content (AvgIpc) is 2.57. The molecule has 2 amide bonds. The number of carbonyl (C=O) groups excluding carboxylic acids is 2. The van der Waals surface area contributed by atoms with Crippen molar-refractivity contribution in [3.8, 4) is 0 Å². The van der Waals surface area contributed by atoms with Crippen LogP contribution in [0.5, 0.6) is 0 Å². The Morgan fingerprint density at radius 2 is 2.08 bits per heavy atom. The summed E-state index contributed by atoms with van der Waals surface area (Å²) < 4.78 is 10.2. The molecule has 1 atom stereocenters. The van der Waals surface area contributed by atoms with Gasteiger partial charge in [-0.15, -0.1) is 0 Å². The van der Waals surface area contributed by atoms with Gasteiger partial charge in [-0.1, -0.05) is 35.3 Å². The maximum atomic E-state index is 12.5. The molecule has 1 unspecified atom stereocenters. The quantitative estimate of drug-likeness (QED) is 0.759. The van der Waals surface area contributed by atoms with E-state index in [0.717, 1.165) is 0 Å². The molecule has 0 fully saturated rings. The van der Waals surface area contributed by atoms with Crippen LogP contribution in [0.1, 0.15) is 25.5 Å². The summed E-state index contributed by atoms with van der Waals surface area (Å²) in [7, 11) is 1.54. The van der Waals surface area contributed by atoms with E-state index in [4.69, 9.17) is 32.7 Å². The first kappa shape index (κ1) is 19.6. The van der Waals surface area contributed by atoms with Crippen molar-refractivity contribution in [2.75, 3.05) is 26.9 Å². The van der Waals surface area contributed by atoms with Crippen LogP contribution in [0.2, 0.25) is 10.0 Å². The SMILES string of the molecule is CCOC(=O)C1=C(C)N(CCOC)C(=O)NC1c1cccc(Cl)c1Cl. The highest BCUT2D eigenvalue weighted by atomic mass is 35.5. The number of rotatable bonds is 6. The molecule has 8 heteroatoms. The lowest BCUT2D eigenvalue weighted by molar-refractivity contribution is -0.139. The Bertz CT molecular complexity index is 706. The number of amides is 2. The predicted molar refractivity (Wildman–Crippen MR) is 95.6 cm³/mol. The Hall–Kier alpha value is -1.76. The molecule has 0 bridgehead atoms. The van der Waals surface area contributed by atoms with E-state index in [-0.39, 0.29) is 17.7 Å². The van der Waals surface area contributed by atoms with E-state index in [1.54, 1.807) is 39.2 Å². The minimum atomic E-state index is -0.739. The van der Waals surface area contributed by atoms with Crippen molar-refractivity contribution in [1.29, 1.82) is 0 Å². The Labute approximate surface area is 156 Å². The second-order valence-electron chi connectivity index (χ2n) is 5.39. The number of urea groups is 1. The van der Waals surface area contributed by atoms with E-state index in [1.165, 1.54) is 4.90 Å². The van der Waals surface area contributed by atoms with Gasteiger partial charge in [-0.2, -0.15) is 0 Å². The van der Waals surface area contributed by atoms with Crippen molar-refractivity contribution in [1.82, 2.24) is 10.2 Å². The van der Waals surface area contributed by atoms with E-state index in [9.17, 15) is 9.59 Å². The fourth-order valence-electron chi connectivity index (χ4n) is 2.68. The lowest BCUT2D eigenvalue weighted by Gasteiger charge is -2.35. The van der Waals surface area contributed by atoms with Crippen LogP contribution < -0.4 is 5.32 Å². The molecule has 25 heavy (non-hydrogen) atoms. The molecular formula is C17H20Cl2N2O4. The smallest absolute Gasteiger partial charge is 0.338 e. The Balaban J connectivity index is 2.54. The van der Waals surface area contributed by atoms with Crippen molar-refractivity contribution in [3.63, 3.8) is 0 Å². The van der Waals surface area contributed by atoms with Crippen LogP contribution in [0.3, 0.4) is 0 Å². The van der Waals surface area contributed by atoms with Gasteiger partial charge in [0.2, 0.25) is 0 Å². The molecule has 1 N–H and O–H groups in total. The number of esters is 1. The number of nitrogens with zero attached hydrogens (tertiary/aromatic N) is 1. The molecule has 6 nitrogen and oxygen atoms in total. The van der Waals surface area contributed by atoms with E-state index in [2.05, 4.69) is 5.32 Å². The molecule has 1 aromatic rings. The van der Waals surface area contributed by atoms with Crippen LogP contribution in [0, 0.1) is 0 Å². The molecule has 0 saturated carbocycles. The summed E-state index contributed by atoms with van der Waals surface area (Å²) in [6, 6.07) is 3.99. The molecular weight excluding hydrogens is 367 g/mol. The van der Waals surface area contributed by atoms with Crippen LogP contribution in [0.15, 0.2) is 29.5 Å². The minimum absolute atomic E-state index is 0.220. The number of carbonyl (C=O) groups is 2. The monoisotopic (exact) mass is 386 g/mol. The average molecular weight is 387 g/mol. The molecule has 0 aromatic heterocycles. The number of ether oxygens (including phenoxy) is 2. The van der Waals surface area contributed by atoms with Crippen molar-refractivity contribution in [3.05, 3.63) is 45.1 Å². The number of methoxy groups -OCH3 is 1. The summed E-state index contributed by atoms with van der Waals surface area (Å²) >= 11 is 12.4. The van der Waals surface area contributed by atoms with Gasteiger partial charge in [0.1, 0.15) is 0 Å². The van der Waals surface area contributed by atoms with Crippen LogP contribution in [0.4, 0.5) is 4.79 Å². The summed E-state index contributed by atoms with van der Waals surface area (Å²) in [4.78, 5) is 26.5. The maximum Gasteiger partial charge on any atom is 0.338 e. The zero-order valence-electron chi connectivity index (χ0n) is 14.3. The number of hydrogen-bond acceptors (Lipinski definition) is 4. The predicted octanol–water partition coefficient (Wildman–Crippen LogP) is 3.54. The molecule has 0 radical (unpaired) electrons. The van der Waals surface area contributed by atoms with Gasteiger partial charge in [0.15, 0.2) is 0 Å². The molecule has 0 spiro atoms. The van der Waals surface area contributed by atoms with Gasteiger partial charge < -0.3 is 14.8 Å². The standard InChI is InChI=1S/C17H20Cl2N2O4/c1-4-25-16(22)13-10(2)21(8-9-24-3)17(23)20-15(13)11-6-5-7-12(18)14(11)19/h5-7,15H,4,8-9H2,1-3H3,(H,20,23). The van der Waals surface area contributed by atoms with Crippen LogP contribution in [-0.4, -0.2) is 43.8 Å². The molecule has 0 aliphatic carbocycles. The topological polar surface area (TPSA) is 67.9 Å². The first-order valence-corrected chi connectivity index (χ1v) is 8.56. The third kappa shape index (κ3) is 4.08. The zero-order chi connectivity index (χ0) is 18.6. The largest absolute Gasteiger partial charge is 0.463 e. The van der Waals surface area contributed by atoms with Gasteiger partial charge in [-0.05, 0) is 25.5 Å². The van der Waals surface area contributed by atoms with Crippen molar-refractivity contribution in [2.24, 2.45) is 0 Å². The molecule has 1 heterocycles. The maximum absolute atomic E-state index is 12.5. The molecule has 0 saturated heterocycles. The highest BCUT2D eigenvalue weighted by Gasteiger charge is 2.37. The Kier molecular flexibility index (Phi) is 6.70. The minimum Gasteiger partial charge on any atom is -0.463 e. The van der Waals surface area contributed by atoms with Crippen molar-refractivity contribution < 1.29 is 19.1 Å². The van der Waals surface area contributed by atoms with Crippen LogP contribution in [-0.2, 0) is 14.3 Å². The number of hydrogen-bond donors (Lipinski definition) is 1. The number of benzene rings is 1. The molecule has 136 valence electrons. The Morgan fingerprint density at radius 3 is 2.72 bits per heavy atom. The van der Waals surface area contributed by atoms with Crippen molar-refractivity contribution in [2.45, 2.75) is 19.9 Å². The van der Waals surface area contributed by atoms with E-state index in [0.29, 0.717) is 35.0 Å². The molecule has 1 aliphatic heterocycles. The van der Waals surface area contributed by atoms with Gasteiger partial charge in [0, 0.05) is 12.8 Å². The molecule has 1 aliphatic rings. The molecule has 2 rings (SSSR count). The van der Waals surface area contributed by atoms with E-state index in [1.807, 2.05) is 0 Å². The number of halogens is 2. The van der Waals surface area contributed by atoms with Gasteiger partial charge in [0.25, 0.3) is 0 Å². The summed E-state index contributed by atoms with van der Waals surface area (Å²) in [6.45, 7) is 4.29. The number of nitrogens with one attached hydrogen (secondary N) is 1. The Morgan fingerprint density at radius 1 is 1.36 bits per heavy atom.